The number of rotatable bonds is 9. The molecule has 1 aliphatic carbocycles. The van der Waals surface area contributed by atoms with Crippen molar-refractivity contribution in [2.45, 2.75) is 46.1 Å². The zero-order valence-corrected chi connectivity index (χ0v) is 13.0. The molecule has 0 aliphatic heterocycles. The van der Waals surface area contributed by atoms with Crippen molar-refractivity contribution in [3.63, 3.8) is 0 Å². The lowest BCUT2D eigenvalue weighted by atomic mass is 10.0. The Bertz CT molecular complexity index is 427. The monoisotopic (exact) mass is 277 g/mol. The van der Waals surface area contributed by atoms with Gasteiger partial charge in [-0.25, -0.2) is 0 Å². The molecule has 0 aromatic heterocycles. The van der Waals surface area contributed by atoms with Crippen LogP contribution in [0.15, 0.2) is 18.2 Å². The van der Waals surface area contributed by atoms with Gasteiger partial charge in [0.2, 0.25) is 0 Å². The number of hydrogen-bond acceptors (Lipinski definition) is 3. The molecule has 1 aliphatic rings. The van der Waals surface area contributed by atoms with Gasteiger partial charge in [0.05, 0.1) is 13.7 Å². The molecule has 0 radical (unpaired) electrons. The van der Waals surface area contributed by atoms with Crippen LogP contribution in [0.25, 0.3) is 0 Å². The third kappa shape index (κ3) is 3.89. The molecule has 1 saturated carbocycles. The summed E-state index contributed by atoms with van der Waals surface area (Å²) < 4.78 is 10.9. The summed E-state index contributed by atoms with van der Waals surface area (Å²) in [6.45, 7) is 6.96. The molecule has 112 valence electrons. The molecule has 0 saturated heterocycles. The summed E-state index contributed by atoms with van der Waals surface area (Å²) in [7, 11) is 1.68. The average molecular weight is 277 g/mol. The van der Waals surface area contributed by atoms with E-state index < -0.39 is 0 Å². The van der Waals surface area contributed by atoms with Gasteiger partial charge in [0.15, 0.2) is 11.5 Å². The lowest BCUT2D eigenvalue weighted by Crippen LogP contribution is -2.23. The van der Waals surface area contributed by atoms with Gasteiger partial charge < -0.3 is 14.8 Å². The molecular formula is C17H27NO2. The summed E-state index contributed by atoms with van der Waals surface area (Å²) in [5.74, 6) is 1.64. The van der Waals surface area contributed by atoms with E-state index in [-0.39, 0.29) is 0 Å². The van der Waals surface area contributed by atoms with E-state index in [2.05, 4.69) is 24.4 Å². The van der Waals surface area contributed by atoms with Gasteiger partial charge in [-0.2, -0.15) is 0 Å². The van der Waals surface area contributed by atoms with Crippen LogP contribution in [0.1, 0.15) is 45.1 Å². The van der Waals surface area contributed by atoms with Crippen molar-refractivity contribution in [1.29, 1.82) is 0 Å². The second kappa shape index (κ2) is 6.98. The van der Waals surface area contributed by atoms with Crippen molar-refractivity contribution >= 4 is 0 Å². The van der Waals surface area contributed by atoms with E-state index in [0.29, 0.717) is 12.0 Å². The fraction of sp³-hybridized carbons (Fsp3) is 0.647. The molecule has 0 heterocycles. The minimum atomic E-state index is 0.601. The molecule has 1 N–H and O–H groups in total. The Hall–Kier alpha value is -1.22. The molecule has 0 amide bonds. The Morgan fingerprint density at radius 3 is 2.60 bits per heavy atom. The van der Waals surface area contributed by atoms with Gasteiger partial charge in [0.1, 0.15) is 0 Å². The summed E-state index contributed by atoms with van der Waals surface area (Å²) in [4.78, 5) is 0. The van der Waals surface area contributed by atoms with Crippen molar-refractivity contribution in [1.82, 2.24) is 5.32 Å². The van der Waals surface area contributed by atoms with Crippen molar-refractivity contribution < 1.29 is 9.47 Å². The highest BCUT2D eigenvalue weighted by atomic mass is 16.5. The fourth-order valence-electron chi connectivity index (χ4n) is 2.79. The first-order chi connectivity index (χ1) is 9.73. The van der Waals surface area contributed by atoms with Gasteiger partial charge in [-0.15, -0.1) is 0 Å². The minimum Gasteiger partial charge on any atom is -0.493 e. The topological polar surface area (TPSA) is 30.5 Å². The second-order valence-electron chi connectivity index (χ2n) is 5.77. The highest BCUT2D eigenvalue weighted by Gasteiger charge is 2.40. The molecule has 0 spiro atoms. The van der Waals surface area contributed by atoms with E-state index in [0.717, 1.165) is 24.6 Å². The van der Waals surface area contributed by atoms with Crippen molar-refractivity contribution in [3.05, 3.63) is 23.8 Å². The Morgan fingerprint density at radius 2 is 2.00 bits per heavy atom. The van der Waals surface area contributed by atoms with Crippen molar-refractivity contribution in [3.8, 4) is 11.5 Å². The second-order valence-corrected chi connectivity index (χ2v) is 5.77. The van der Waals surface area contributed by atoms with Gasteiger partial charge in [0.25, 0.3) is 0 Å². The molecule has 20 heavy (non-hydrogen) atoms. The normalized spacial score (nSPS) is 15.9. The van der Waals surface area contributed by atoms with Crippen LogP contribution in [-0.4, -0.2) is 20.3 Å². The van der Waals surface area contributed by atoms with E-state index >= 15 is 0 Å². The van der Waals surface area contributed by atoms with E-state index in [1.807, 2.05) is 13.0 Å². The lowest BCUT2D eigenvalue weighted by Gasteiger charge is -2.16. The van der Waals surface area contributed by atoms with Gasteiger partial charge in [-0.1, -0.05) is 19.4 Å². The smallest absolute Gasteiger partial charge is 0.161 e. The third-order valence-corrected chi connectivity index (χ3v) is 4.09. The fourth-order valence-corrected chi connectivity index (χ4v) is 2.79. The number of hydrogen-bond donors (Lipinski definition) is 1. The Kier molecular flexibility index (Phi) is 5.30. The molecule has 0 atom stereocenters. The van der Waals surface area contributed by atoms with Gasteiger partial charge in [0, 0.05) is 13.1 Å². The maximum absolute atomic E-state index is 5.61. The molecule has 2 rings (SSSR count). The van der Waals surface area contributed by atoms with Crippen LogP contribution in [0.3, 0.4) is 0 Å². The Labute approximate surface area is 122 Å². The zero-order chi connectivity index (χ0) is 14.4. The molecule has 1 fully saturated rings. The van der Waals surface area contributed by atoms with Crippen LogP contribution in [-0.2, 0) is 6.54 Å². The summed E-state index contributed by atoms with van der Waals surface area (Å²) in [6.07, 6.45) is 5.42. The summed E-state index contributed by atoms with van der Waals surface area (Å²) in [6, 6.07) is 6.17. The van der Waals surface area contributed by atoms with E-state index in [4.69, 9.17) is 9.47 Å². The van der Waals surface area contributed by atoms with Crippen LogP contribution in [0.4, 0.5) is 0 Å². The number of nitrogens with one attached hydrogen (secondary N) is 1. The third-order valence-electron chi connectivity index (χ3n) is 4.09. The maximum atomic E-state index is 5.61. The molecule has 3 heteroatoms. The standard InChI is InChI=1S/C17H27NO2/c1-4-8-17(9-10-17)13-18-12-14-6-7-15(19-3)16(11-14)20-5-2/h6-7,11,18H,4-5,8-10,12-13H2,1-3H3. The molecule has 0 unspecified atom stereocenters. The molecule has 3 nitrogen and oxygen atoms in total. The van der Waals surface area contributed by atoms with E-state index in [9.17, 15) is 0 Å². The van der Waals surface area contributed by atoms with Crippen LogP contribution < -0.4 is 14.8 Å². The maximum Gasteiger partial charge on any atom is 0.161 e. The Morgan fingerprint density at radius 1 is 1.20 bits per heavy atom. The molecule has 1 aromatic rings. The number of ether oxygens (including phenoxy) is 2. The molecule has 0 bridgehead atoms. The average Bonchev–Trinajstić information content (AvgIpc) is 3.20. The first kappa shape index (κ1) is 15.2. The number of benzene rings is 1. The highest BCUT2D eigenvalue weighted by Crippen LogP contribution is 2.48. The van der Waals surface area contributed by atoms with Crippen molar-refractivity contribution in [2.24, 2.45) is 5.41 Å². The van der Waals surface area contributed by atoms with Gasteiger partial charge in [-0.05, 0) is 49.3 Å². The van der Waals surface area contributed by atoms with E-state index in [1.165, 1.54) is 31.2 Å². The van der Waals surface area contributed by atoms with Crippen LogP contribution in [0, 0.1) is 5.41 Å². The summed E-state index contributed by atoms with van der Waals surface area (Å²) in [5.41, 5.74) is 1.85. The van der Waals surface area contributed by atoms with Gasteiger partial charge in [-0.3, -0.25) is 0 Å². The molecular weight excluding hydrogens is 250 g/mol. The SMILES string of the molecule is CCCC1(CNCc2ccc(OC)c(OCC)c2)CC1. The first-order valence-corrected chi connectivity index (χ1v) is 7.73. The minimum absolute atomic E-state index is 0.601. The Balaban J connectivity index is 1.88. The summed E-state index contributed by atoms with van der Waals surface area (Å²) >= 11 is 0. The number of methoxy groups -OCH3 is 1. The lowest BCUT2D eigenvalue weighted by molar-refractivity contribution is 0.310. The van der Waals surface area contributed by atoms with Gasteiger partial charge >= 0.3 is 0 Å². The zero-order valence-electron chi connectivity index (χ0n) is 13.0. The van der Waals surface area contributed by atoms with Crippen LogP contribution in [0.5, 0.6) is 11.5 Å². The molecule has 1 aromatic carbocycles. The quantitative estimate of drug-likeness (QED) is 0.745. The van der Waals surface area contributed by atoms with Crippen molar-refractivity contribution in [2.75, 3.05) is 20.3 Å². The summed E-state index contributed by atoms with van der Waals surface area (Å²) in [5, 5.41) is 3.60. The van der Waals surface area contributed by atoms with E-state index in [1.54, 1.807) is 7.11 Å². The first-order valence-electron chi connectivity index (χ1n) is 7.73. The van der Waals surface area contributed by atoms with Crippen LogP contribution >= 0.6 is 0 Å². The predicted octanol–water partition coefficient (Wildman–Crippen LogP) is 3.76. The largest absolute Gasteiger partial charge is 0.493 e. The highest BCUT2D eigenvalue weighted by molar-refractivity contribution is 5.42. The van der Waals surface area contributed by atoms with Crippen LogP contribution in [0.2, 0.25) is 0 Å². The predicted molar refractivity (Wildman–Crippen MR) is 82.4 cm³/mol.